The molecule has 0 fully saturated rings. The van der Waals surface area contributed by atoms with E-state index >= 15 is 0 Å². The molecule has 2 aromatic carbocycles. The summed E-state index contributed by atoms with van der Waals surface area (Å²) >= 11 is 0. The van der Waals surface area contributed by atoms with Gasteiger partial charge in [0.1, 0.15) is 5.82 Å². The number of halogens is 1. The Balaban J connectivity index is 2.23. The number of carbonyl (C=O) groups excluding carboxylic acids is 1. The molecule has 0 aliphatic rings. The number of hydrogen-bond donors (Lipinski definition) is 1. The number of amides is 1. The van der Waals surface area contributed by atoms with Crippen molar-refractivity contribution >= 4 is 11.6 Å². The molecule has 0 aliphatic carbocycles. The van der Waals surface area contributed by atoms with Crippen molar-refractivity contribution in [2.24, 2.45) is 5.84 Å². The van der Waals surface area contributed by atoms with Crippen LogP contribution in [-0.2, 0) is 0 Å². The summed E-state index contributed by atoms with van der Waals surface area (Å²) in [5, 5.41) is 1.05. The minimum Gasteiger partial charge on any atom is -0.267 e. The molecule has 0 bridgehead atoms. The van der Waals surface area contributed by atoms with Crippen molar-refractivity contribution in [2.75, 3.05) is 5.01 Å². The molecule has 0 unspecified atom stereocenters. The average molecular weight is 244 g/mol. The molecule has 0 saturated heterocycles. The zero-order valence-electron chi connectivity index (χ0n) is 9.93. The Hall–Kier alpha value is -2.20. The predicted molar refractivity (Wildman–Crippen MR) is 68.6 cm³/mol. The molecule has 0 saturated carbocycles. The number of hydrogen-bond acceptors (Lipinski definition) is 2. The van der Waals surface area contributed by atoms with E-state index in [9.17, 15) is 9.18 Å². The highest BCUT2D eigenvalue weighted by atomic mass is 19.1. The Labute approximate surface area is 105 Å². The molecule has 0 aliphatic heterocycles. The van der Waals surface area contributed by atoms with Gasteiger partial charge in [-0.15, -0.1) is 0 Å². The van der Waals surface area contributed by atoms with Crippen LogP contribution in [0.1, 0.15) is 15.9 Å². The van der Waals surface area contributed by atoms with E-state index in [1.54, 1.807) is 12.1 Å². The third-order valence-electron chi connectivity index (χ3n) is 2.62. The molecule has 92 valence electrons. The molecular formula is C14H13FN2O. The van der Waals surface area contributed by atoms with E-state index in [2.05, 4.69) is 0 Å². The zero-order chi connectivity index (χ0) is 13.1. The van der Waals surface area contributed by atoms with Crippen molar-refractivity contribution in [3.63, 3.8) is 0 Å². The van der Waals surface area contributed by atoms with Crippen molar-refractivity contribution < 1.29 is 9.18 Å². The fourth-order valence-electron chi connectivity index (χ4n) is 1.55. The number of hydrazine groups is 1. The van der Waals surface area contributed by atoms with Crippen LogP contribution in [0.15, 0.2) is 48.5 Å². The molecule has 2 rings (SSSR count). The quantitative estimate of drug-likeness (QED) is 0.501. The van der Waals surface area contributed by atoms with E-state index in [1.807, 2.05) is 19.1 Å². The maximum atomic E-state index is 12.8. The number of rotatable bonds is 2. The van der Waals surface area contributed by atoms with Gasteiger partial charge >= 0.3 is 0 Å². The van der Waals surface area contributed by atoms with Gasteiger partial charge in [0, 0.05) is 5.56 Å². The molecule has 0 aromatic heterocycles. The first-order valence-electron chi connectivity index (χ1n) is 5.49. The fraction of sp³-hybridized carbons (Fsp3) is 0.0714. The van der Waals surface area contributed by atoms with Crippen molar-refractivity contribution in [3.05, 3.63) is 65.5 Å². The molecule has 0 atom stereocenters. The van der Waals surface area contributed by atoms with Crippen LogP contribution in [0.25, 0.3) is 0 Å². The van der Waals surface area contributed by atoms with Crippen LogP contribution >= 0.6 is 0 Å². The molecule has 1 amide bonds. The molecule has 0 heterocycles. The number of nitrogens with zero attached hydrogens (tertiary/aromatic N) is 1. The largest absolute Gasteiger partial charge is 0.272 e. The number of anilines is 1. The Morgan fingerprint density at radius 1 is 1.06 bits per heavy atom. The minimum atomic E-state index is -0.384. The number of benzene rings is 2. The lowest BCUT2D eigenvalue weighted by molar-refractivity contribution is 0.0987. The molecular weight excluding hydrogens is 231 g/mol. The van der Waals surface area contributed by atoms with Gasteiger partial charge in [-0.2, -0.15) is 0 Å². The minimum absolute atomic E-state index is 0.347. The molecule has 2 aromatic rings. The Morgan fingerprint density at radius 3 is 2.17 bits per heavy atom. The van der Waals surface area contributed by atoms with E-state index in [0.29, 0.717) is 11.3 Å². The van der Waals surface area contributed by atoms with Crippen LogP contribution in [0, 0.1) is 12.7 Å². The second kappa shape index (κ2) is 4.98. The van der Waals surface area contributed by atoms with E-state index < -0.39 is 0 Å². The van der Waals surface area contributed by atoms with Gasteiger partial charge < -0.3 is 0 Å². The van der Waals surface area contributed by atoms with Gasteiger partial charge in [0.15, 0.2) is 0 Å². The van der Waals surface area contributed by atoms with Crippen LogP contribution < -0.4 is 10.9 Å². The maximum Gasteiger partial charge on any atom is 0.272 e. The standard InChI is InChI=1S/C14H13FN2O/c1-10-2-8-13(9-3-10)17(16)14(18)11-4-6-12(15)7-5-11/h2-9H,16H2,1H3. The number of carbonyl (C=O) groups is 1. The van der Waals surface area contributed by atoms with E-state index in [-0.39, 0.29) is 11.7 Å². The van der Waals surface area contributed by atoms with Gasteiger partial charge in [0.05, 0.1) is 5.69 Å². The molecule has 0 spiro atoms. The van der Waals surface area contributed by atoms with E-state index in [0.717, 1.165) is 10.6 Å². The predicted octanol–water partition coefficient (Wildman–Crippen LogP) is 2.65. The molecule has 18 heavy (non-hydrogen) atoms. The molecule has 2 N–H and O–H groups in total. The molecule has 0 radical (unpaired) electrons. The van der Waals surface area contributed by atoms with E-state index in [4.69, 9.17) is 5.84 Å². The smallest absolute Gasteiger partial charge is 0.267 e. The van der Waals surface area contributed by atoms with Gasteiger partial charge in [-0.3, -0.25) is 4.79 Å². The maximum absolute atomic E-state index is 12.8. The van der Waals surface area contributed by atoms with Crippen molar-refractivity contribution in [1.29, 1.82) is 0 Å². The van der Waals surface area contributed by atoms with Crippen molar-refractivity contribution in [1.82, 2.24) is 0 Å². The first-order valence-corrected chi connectivity index (χ1v) is 5.49. The van der Waals surface area contributed by atoms with Crippen LogP contribution in [0.2, 0.25) is 0 Å². The van der Waals surface area contributed by atoms with Crippen LogP contribution in [0.5, 0.6) is 0 Å². The lowest BCUT2D eigenvalue weighted by Crippen LogP contribution is -2.37. The van der Waals surface area contributed by atoms with Crippen molar-refractivity contribution in [3.8, 4) is 0 Å². The summed E-state index contributed by atoms with van der Waals surface area (Å²) in [4.78, 5) is 12.0. The van der Waals surface area contributed by atoms with Crippen LogP contribution in [0.4, 0.5) is 10.1 Å². The summed E-state index contributed by atoms with van der Waals surface area (Å²) in [6, 6.07) is 12.5. The summed E-state index contributed by atoms with van der Waals surface area (Å²) < 4.78 is 12.8. The number of nitrogens with two attached hydrogens (primary N) is 1. The molecule has 3 nitrogen and oxygen atoms in total. The van der Waals surface area contributed by atoms with Gasteiger partial charge in [-0.25, -0.2) is 15.2 Å². The summed E-state index contributed by atoms with van der Waals surface area (Å²) in [5.41, 5.74) is 2.02. The summed E-state index contributed by atoms with van der Waals surface area (Å²) in [7, 11) is 0. The third kappa shape index (κ3) is 2.55. The highest BCUT2D eigenvalue weighted by molar-refractivity contribution is 6.05. The lowest BCUT2D eigenvalue weighted by atomic mass is 10.2. The Bertz CT molecular complexity index is 549. The van der Waals surface area contributed by atoms with Gasteiger partial charge in [0.2, 0.25) is 0 Å². The number of aryl methyl sites for hydroxylation is 1. The SMILES string of the molecule is Cc1ccc(N(N)C(=O)c2ccc(F)cc2)cc1. The lowest BCUT2D eigenvalue weighted by Gasteiger charge is -2.16. The third-order valence-corrected chi connectivity index (χ3v) is 2.62. The Morgan fingerprint density at radius 2 is 1.61 bits per heavy atom. The first-order chi connectivity index (χ1) is 8.58. The second-order valence-corrected chi connectivity index (χ2v) is 4.02. The average Bonchev–Trinajstić information content (AvgIpc) is 2.39. The summed E-state index contributed by atoms with van der Waals surface area (Å²) in [5.74, 6) is 4.99. The highest BCUT2D eigenvalue weighted by Gasteiger charge is 2.13. The van der Waals surface area contributed by atoms with Gasteiger partial charge in [0.25, 0.3) is 5.91 Å². The first kappa shape index (κ1) is 12.3. The fourth-order valence-corrected chi connectivity index (χ4v) is 1.55. The Kier molecular flexibility index (Phi) is 3.39. The van der Waals surface area contributed by atoms with Gasteiger partial charge in [-0.1, -0.05) is 17.7 Å². The second-order valence-electron chi connectivity index (χ2n) is 4.02. The normalized spacial score (nSPS) is 10.2. The summed E-state index contributed by atoms with van der Waals surface area (Å²) in [6.45, 7) is 1.95. The van der Waals surface area contributed by atoms with Crippen molar-refractivity contribution in [2.45, 2.75) is 6.92 Å². The van der Waals surface area contributed by atoms with Crippen LogP contribution in [0.3, 0.4) is 0 Å². The molecule has 4 heteroatoms. The monoisotopic (exact) mass is 244 g/mol. The highest BCUT2D eigenvalue weighted by Crippen LogP contribution is 2.15. The van der Waals surface area contributed by atoms with Crippen LogP contribution in [-0.4, -0.2) is 5.91 Å². The van der Waals surface area contributed by atoms with Gasteiger partial charge in [-0.05, 0) is 43.3 Å². The summed E-state index contributed by atoms with van der Waals surface area (Å²) in [6.07, 6.45) is 0. The zero-order valence-corrected chi connectivity index (χ0v) is 9.93. The topological polar surface area (TPSA) is 46.3 Å². The van der Waals surface area contributed by atoms with E-state index in [1.165, 1.54) is 24.3 Å².